The maximum absolute atomic E-state index is 4.16. The summed E-state index contributed by atoms with van der Waals surface area (Å²) in [6, 6.07) is 7.85. The van der Waals surface area contributed by atoms with Gasteiger partial charge in [0.2, 0.25) is 0 Å². The Morgan fingerprint density at radius 3 is 2.77 bits per heavy atom. The predicted molar refractivity (Wildman–Crippen MR) is 116 cm³/mol. The van der Waals surface area contributed by atoms with E-state index in [4.69, 9.17) is 0 Å². The molecule has 1 aliphatic rings. The fourth-order valence-corrected chi connectivity index (χ4v) is 4.13. The third-order valence-electron chi connectivity index (χ3n) is 5.55. The predicted octanol–water partition coefficient (Wildman–Crippen LogP) is 6.19. The molecule has 2 atom stereocenters. The van der Waals surface area contributed by atoms with Gasteiger partial charge in [0.15, 0.2) is 0 Å². The molecule has 1 saturated carbocycles. The quantitative estimate of drug-likeness (QED) is 0.495. The van der Waals surface area contributed by atoms with Crippen LogP contribution in [0.3, 0.4) is 0 Å². The van der Waals surface area contributed by atoms with Crippen molar-refractivity contribution in [1.29, 1.82) is 0 Å². The van der Waals surface area contributed by atoms with E-state index in [1.807, 2.05) is 13.0 Å². The first-order chi connectivity index (χ1) is 12.7. The smallest absolute Gasteiger partial charge is 0.0202 e. The van der Waals surface area contributed by atoms with Crippen molar-refractivity contribution in [3.63, 3.8) is 0 Å². The van der Waals surface area contributed by atoms with Gasteiger partial charge in [-0.15, -0.1) is 0 Å². The second-order valence-electron chi connectivity index (χ2n) is 7.63. The van der Waals surface area contributed by atoms with Gasteiger partial charge in [-0.1, -0.05) is 75.8 Å². The molecule has 142 valence electrons. The minimum Gasteiger partial charge on any atom is -0.310 e. The molecule has 0 aromatic heterocycles. The van der Waals surface area contributed by atoms with Crippen LogP contribution < -0.4 is 5.32 Å². The molecular weight excluding hydrogens is 314 g/mol. The van der Waals surface area contributed by atoms with Crippen molar-refractivity contribution in [3.05, 3.63) is 71.3 Å². The van der Waals surface area contributed by atoms with Gasteiger partial charge in [-0.3, -0.25) is 0 Å². The molecule has 1 heteroatoms. The van der Waals surface area contributed by atoms with Crippen LogP contribution in [0.1, 0.15) is 63.1 Å². The van der Waals surface area contributed by atoms with Gasteiger partial charge >= 0.3 is 0 Å². The number of benzene rings is 1. The third-order valence-corrected chi connectivity index (χ3v) is 5.55. The van der Waals surface area contributed by atoms with Gasteiger partial charge < -0.3 is 5.32 Å². The monoisotopic (exact) mass is 351 g/mol. The van der Waals surface area contributed by atoms with Gasteiger partial charge in [-0.25, -0.2) is 0 Å². The topological polar surface area (TPSA) is 12.0 Å². The zero-order valence-corrected chi connectivity index (χ0v) is 17.1. The van der Waals surface area contributed by atoms with Gasteiger partial charge in [0, 0.05) is 12.6 Å². The fourth-order valence-electron chi connectivity index (χ4n) is 4.13. The molecule has 26 heavy (non-hydrogen) atoms. The second kappa shape index (κ2) is 11.2. The van der Waals surface area contributed by atoms with E-state index in [1.54, 1.807) is 11.1 Å². The lowest BCUT2D eigenvalue weighted by atomic mass is 9.91. The summed E-state index contributed by atoms with van der Waals surface area (Å²) in [4.78, 5) is 0. The highest BCUT2D eigenvalue weighted by molar-refractivity contribution is 5.33. The van der Waals surface area contributed by atoms with Crippen molar-refractivity contribution in [2.24, 2.45) is 5.92 Å². The Morgan fingerprint density at radius 2 is 2.04 bits per heavy atom. The number of rotatable bonds is 10. The van der Waals surface area contributed by atoms with Crippen LogP contribution in [0.2, 0.25) is 0 Å². The lowest BCUT2D eigenvalue weighted by Crippen LogP contribution is -2.34. The minimum atomic E-state index is 0.627. The molecule has 0 radical (unpaired) electrons. The SMILES string of the molecule is C=C(/C=C\C=C/C)CNC1CCCC1Cc1ccc(CCC)c(CC)c1. The number of allylic oxidation sites excluding steroid dienone is 3. The molecule has 0 heterocycles. The molecule has 0 saturated heterocycles. The van der Waals surface area contributed by atoms with Crippen LogP contribution in [0.15, 0.2) is 54.7 Å². The number of nitrogens with one attached hydrogen (secondary N) is 1. The molecule has 1 aliphatic carbocycles. The fraction of sp³-hybridized carbons (Fsp3) is 0.520. The Kier molecular flexibility index (Phi) is 8.91. The molecule has 0 bridgehead atoms. The van der Waals surface area contributed by atoms with Gasteiger partial charge in [0.25, 0.3) is 0 Å². The molecule has 0 spiro atoms. The van der Waals surface area contributed by atoms with Crippen LogP contribution in [-0.2, 0) is 19.3 Å². The van der Waals surface area contributed by atoms with Crippen molar-refractivity contribution in [2.45, 2.75) is 71.8 Å². The first-order valence-corrected chi connectivity index (χ1v) is 10.5. The molecule has 0 aliphatic heterocycles. The van der Waals surface area contributed by atoms with Gasteiger partial charge in [0.1, 0.15) is 0 Å². The minimum absolute atomic E-state index is 0.627. The Hall–Kier alpha value is -1.60. The summed E-state index contributed by atoms with van der Waals surface area (Å²) >= 11 is 0. The third kappa shape index (κ3) is 6.29. The lowest BCUT2D eigenvalue weighted by Gasteiger charge is -2.22. The summed E-state index contributed by atoms with van der Waals surface area (Å²) < 4.78 is 0. The maximum atomic E-state index is 4.16. The molecule has 1 nitrogen and oxygen atoms in total. The molecule has 1 fully saturated rings. The highest BCUT2D eigenvalue weighted by Crippen LogP contribution is 2.29. The molecule has 1 aromatic rings. The van der Waals surface area contributed by atoms with E-state index in [2.05, 4.69) is 62.2 Å². The Balaban J connectivity index is 1.92. The highest BCUT2D eigenvalue weighted by atomic mass is 14.9. The first kappa shape index (κ1) is 20.7. The van der Waals surface area contributed by atoms with E-state index in [0.717, 1.165) is 24.5 Å². The average molecular weight is 352 g/mol. The van der Waals surface area contributed by atoms with E-state index in [-0.39, 0.29) is 0 Å². The van der Waals surface area contributed by atoms with E-state index < -0.39 is 0 Å². The standard InChI is InChI=1S/C25H37N/c1-5-8-9-12-20(4)19-26-25-14-10-13-24(25)18-21-15-16-23(11-6-2)22(7-3)17-21/h5,8-9,12,15-17,24-26H,4,6-7,10-11,13-14,18-19H2,1-3H3/b8-5-,12-9-. The lowest BCUT2D eigenvalue weighted by molar-refractivity contribution is 0.410. The van der Waals surface area contributed by atoms with E-state index in [9.17, 15) is 0 Å². The van der Waals surface area contributed by atoms with Crippen LogP contribution >= 0.6 is 0 Å². The number of hydrogen-bond acceptors (Lipinski definition) is 1. The summed E-state index contributed by atoms with van der Waals surface area (Å²) in [5.41, 5.74) is 5.77. The van der Waals surface area contributed by atoms with Gasteiger partial charge in [-0.2, -0.15) is 0 Å². The summed E-state index contributed by atoms with van der Waals surface area (Å²) in [6.45, 7) is 11.6. The highest BCUT2D eigenvalue weighted by Gasteiger charge is 2.26. The summed E-state index contributed by atoms with van der Waals surface area (Å²) in [6.07, 6.45) is 17.0. The molecule has 0 amide bonds. The molecule has 2 unspecified atom stereocenters. The second-order valence-corrected chi connectivity index (χ2v) is 7.63. The molecular formula is C25H37N. The van der Waals surface area contributed by atoms with Crippen molar-refractivity contribution in [3.8, 4) is 0 Å². The van der Waals surface area contributed by atoms with Gasteiger partial charge in [-0.05, 0) is 67.2 Å². The van der Waals surface area contributed by atoms with Crippen LogP contribution in [0.5, 0.6) is 0 Å². The maximum Gasteiger partial charge on any atom is 0.0202 e. The van der Waals surface area contributed by atoms with Crippen molar-refractivity contribution < 1.29 is 0 Å². The summed E-state index contributed by atoms with van der Waals surface area (Å²) in [5.74, 6) is 0.754. The van der Waals surface area contributed by atoms with Crippen molar-refractivity contribution >= 4 is 0 Å². The van der Waals surface area contributed by atoms with Crippen LogP contribution in [0, 0.1) is 5.92 Å². The van der Waals surface area contributed by atoms with Crippen molar-refractivity contribution in [1.82, 2.24) is 5.32 Å². The summed E-state index contributed by atoms with van der Waals surface area (Å²) in [7, 11) is 0. The van der Waals surface area contributed by atoms with Crippen LogP contribution in [0.25, 0.3) is 0 Å². The van der Waals surface area contributed by atoms with Gasteiger partial charge in [0.05, 0.1) is 0 Å². The Morgan fingerprint density at radius 1 is 1.19 bits per heavy atom. The number of hydrogen-bond donors (Lipinski definition) is 1. The van der Waals surface area contributed by atoms with Crippen LogP contribution in [-0.4, -0.2) is 12.6 Å². The van der Waals surface area contributed by atoms with E-state index in [0.29, 0.717) is 6.04 Å². The average Bonchev–Trinajstić information content (AvgIpc) is 3.08. The number of aryl methyl sites for hydroxylation is 2. The Labute approximate surface area is 161 Å². The Bertz CT molecular complexity index is 623. The van der Waals surface area contributed by atoms with E-state index in [1.165, 1.54) is 44.1 Å². The largest absolute Gasteiger partial charge is 0.310 e. The zero-order valence-electron chi connectivity index (χ0n) is 17.1. The normalized spacial score (nSPS) is 20.4. The first-order valence-electron chi connectivity index (χ1n) is 10.5. The zero-order chi connectivity index (χ0) is 18.8. The molecule has 1 aromatic carbocycles. The van der Waals surface area contributed by atoms with E-state index >= 15 is 0 Å². The van der Waals surface area contributed by atoms with Crippen molar-refractivity contribution in [2.75, 3.05) is 6.54 Å². The molecule has 1 N–H and O–H groups in total. The molecule has 2 rings (SSSR count). The van der Waals surface area contributed by atoms with Crippen LogP contribution in [0.4, 0.5) is 0 Å². The summed E-state index contributed by atoms with van der Waals surface area (Å²) in [5, 5.41) is 3.76.